The predicted octanol–water partition coefficient (Wildman–Crippen LogP) is 12.9. The lowest BCUT2D eigenvalue weighted by molar-refractivity contribution is 0.330. The maximum absolute atomic E-state index is 11.1. The molecular weight excluding hydrogens is 761 g/mol. The molecule has 0 radical (unpaired) electrons. The molecule has 8 aromatic carbocycles. The SMILES string of the molecule is Oc1c(O)c(O)c(-c2cc(-c3ccc(-c4ccccc4)c4oc5ccc(-n6c7ccccc7c7cc(-c8ccccc8)ccc76)cc5c34)cc(-c3ccccc3)n2)c(O)c1O. The van der Waals surface area contributed by atoms with Gasteiger partial charge in [0.05, 0.1) is 28.0 Å². The summed E-state index contributed by atoms with van der Waals surface area (Å²) in [5, 5.41) is 57.6. The van der Waals surface area contributed by atoms with Crippen molar-refractivity contribution in [3.05, 3.63) is 176 Å². The van der Waals surface area contributed by atoms with Gasteiger partial charge in [-0.3, -0.25) is 0 Å². The van der Waals surface area contributed by atoms with Gasteiger partial charge in [-0.2, -0.15) is 0 Å². The molecule has 8 heteroatoms. The van der Waals surface area contributed by atoms with Crippen molar-refractivity contribution < 1.29 is 29.9 Å². The molecule has 0 saturated heterocycles. The van der Waals surface area contributed by atoms with E-state index >= 15 is 0 Å². The molecule has 0 bridgehead atoms. The smallest absolute Gasteiger partial charge is 0.208 e. The zero-order valence-electron chi connectivity index (χ0n) is 32.3. The molecule has 61 heavy (non-hydrogen) atoms. The molecule has 0 saturated carbocycles. The number of nitrogens with zero attached hydrogens (tertiary/aromatic N) is 2. The second-order valence-electron chi connectivity index (χ2n) is 15.1. The average molecular weight is 795 g/mol. The minimum atomic E-state index is -1.04. The largest absolute Gasteiger partial charge is 0.504 e. The third-order valence-electron chi connectivity index (χ3n) is 11.6. The van der Waals surface area contributed by atoms with E-state index in [4.69, 9.17) is 9.40 Å². The first kappa shape index (κ1) is 35.7. The Labute approximate surface area is 348 Å². The molecule has 0 spiro atoms. The highest BCUT2D eigenvalue weighted by Crippen LogP contribution is 2.55. The van der Waals surface area contributed by atoms with Gasteiger partial charge in [0.1, 0.15) is 11.2 Å². The van der Waals surface area contributed by atoms with Crippen LogP contribution in [0.2, 0.25) is 0 Å². The van der Waals surface area contributed by atoms with E-state index in [1.807, 2.05) is 91.0 Å². The summed E-state index contributed by atoms with van der Waals surface area (Å²) in [4.78, 5) is 4.81. The fourth-order valence-electron chi connectivity index (χ4n) is 8.65. The molecule has 0 aliphatic heterocycles. The van der Waals surface area contributed by atoms with Gasteiger partial charge < -0.3 is 34.5 Å². The maximum Gasteiger partial charge on any atom is 0.208 e. The van der Waals surface area contributed by atoms with E-state index in [-0.39, 0.29) is 11.3 Å². The molecule has 3 aromatic heterocycles. The van der Waals surface area contributed by atoms with E-state index in [0.29, 0.717) is 22.4 Å². The maximum atomic E-state index is 11.1. The van der Waals surface area contributed by atoms with Crippen LogP contribution in [-0.4, -0.2) is 35.1 Å². The minimum Gasteiger partial charge on any atom is -0.504 e. The summed E-state index contributed by atoms with van der Waals surface area (Å²) in [7, 11) is 0. The molecular formula is C53H34N2O6. The van der Waals surface area contributed by atoms with Crippen LogP contribution in [0.3, 0.4) is 0 Å². The average Bonchev–Trinajstić information content (AvgIpc) is 3.86. The van der Waals surface area contributed by atoms with Crippen molar-refractivity contribution in [2.75, 3.05) is 0 Å². The number of benzene rings is 8. The fraction of sp³-hybridized carbons (Fsp3) is 0. The van der Waals surface area contributed by atoms with E-state index in [0.717, 1.165) is 71.6 Å². The molecule has 3 heterocycles. The zero-order valence-corrected chi connectivity index (χ0v) is 32.3. The van der Waals surface area contributed by atoms with Crippen LogP contribution in [0.15, 0.2) is 180 Å². The number of hydrogen-bond donors (Lipinski definition) is 5. The number of aromatic nitrogens is 2. The summed E-state index contributed by atoms with van der Waals surface area (Å²) in [5.74, 6) is -4.67. The monoisotopic (exact) mass is 794 g/mol. The summed E-state index contributed by atoms with van der Waals surface area (Å²) in [5.41, 5.74) is 10.9. The quantitative estimate of drug-likeness (QED) is 0.0836. The molecule has 0 atom stereocenters. The number of fused-ring (bicyclic) bond motifs is 6. The lowest BCUT2D eigenvalue weighted by atomic mass is 9.93. The van der Waals surface area contributed by atoms with Crippen molar-refractivity contribution in [3.63, 3.8) is 0 Å². The predicted molar refractivity (Wildman–Crippen MR) is 241 cm³/mol. The molecule has 0 amide bonds. The first-order valence-electron chi connectivity index (χ1n) is 19.7. The first-order valence-corrected chi connectivity index (χ1v) is 19.7. The lowest BCUT2D eigenvalue weighted by Gasteiger charge is -2.15. The number of phenols is 5. The van der Waals surface area contributed by atoms with Crippen LogP contribution >= 0.6 is 0 Å². The van der Waals surface area contributed by atoms with Crippen molar-refractivity contribution in [3.8, 4) is 90.3 Å². The third-order valence-corrected chi connectivity index (χ3v) is 11.6. The van der Waals surface area contributed by atoms with Gasteiger partial charge in [-0.15, -0.1) is 0 Å². The fourth-order valence-corrected chi connectivity index (χ4v) is 8.65. The lowest BCUT2D eigenvalue weighted by Crippen LogP contribution is -1.94. The summed E-state index contributed by atoms with van der Waals surface area (Å²) in [6.07, 6.45) is 0. The molecule has 0 fully saturated rings. The number of rotatable bonds is 6. The molecule has 11 aromatic rings. The summed E-state index contributed by atoms with van der Waals surface area (Å²) in [6.45, 7) is 0. The Morgan fingerprint density at radius 1 is 0.393 bits per heavy atom. The van der Waals surface area contributed by atoms with Gasteiger partial charge in [-0.25, -0.2) is 4.98 Å². The number of aromatic hydroxyl groups is 5. The molecule has 0 aliphatic carbocycles. The van der Waals surface area contributed by atoms with Crippen LogP contribution < -0.4 is 0 Å². The Balaban J connectivity index is 1.20. The van der Waals surface area contributed by atoms with Crippen molar-refractivity contribution in [2.24, 2.45) is 0 Å². The molecule has 0 unspecified atom stereocenters. The van der Waals surface area contributed by atoms with Gasteiger partial charge in [-0.05, 0) is 82.4 Å². The van der Waals surface area contributed by atoms with Crippen molar-refractivity contribution in [1.82, 2.24) is 9.55 Å². The highest BCUT2D eigenvalue weighted by Gasteiger charge is 2.27. The Hall–Kier alpha value is -8.49. The topological polar surface area (TPSA) is 132 Å². The van der Waals surface area contributed by atoms with E-state index < -0.39 is 28.7 Å². The number of para-hydroxylation sites is 1. The van der Waals surface area contributed by atoms with Crippen LogP contribution in [0.25, 0.3) is 105 Å². The van der Waals surface area contributed by atoms with Gasteiger partial charge in [0.2, 0.25) is 17.2 Å². The van der Waals surface area contributed by atoms with Gasteiger partial charge in [-0.1, -0.05) is 121 Å². The van der Waals surface area contributed by atoms with Crippen LogP contribution in [-0.2, 0) is 0 Å². The van der Waals surface area contributed by atoms with Crippen molar-refractivity contribution in [2.45, 2.75) is 0 Å². The minimum absolute atomic E-state index is 0.0471. The Bertz CT molecular complexity index is 3490. The summed E-state index contributed by atoms with van der Waals surface area (Å²) in [6, 6.07) is 58.8. The second kappa shape index (κ2) is 13.8. The number of phenolic OH excluding ortho intramolecular Hbond substituents is 5. The number of pyridine rings is 1. The van der Waals surface area contributed by atoms with E-state index in [1.54, 1.807) is 6.07 Å². The number of hydrogen-bond acceptors (Lipinski definition) is 7. The van der Waals surface area contributed by atoms with Crippen LogP contribution in [0.5, 0.6) is 28.7 Å². The summed E-state index contributed by atoms with van der Waals surface area (Å²) < 4.78 is 9.11. The zero-order chi connectivity index (χ0) is 41.4. The second-order valence-corrected chi connectivity index (χ2v) is 15.1. The molecule has 292 valence electrons. The van der Waals surface area contributed by atoms with E-state index in [9.17, 15) is 25.5 Å². The van der Waals surface area contributed by atoms with Crippen LogP contribution in [0, 0.1) is 0 Å². The van der Waals surface area contributed by atoms with Crippen LogP contribution in [0.4, 0.5) is 0 Å². The third kappa shape index (κ3) is 5.65. The Morgan fingerprint density at radius 3 is 1.70 bits per heavy atom. The molecule has 11 rings (SSSR count). The van der Waals surface area contributed by atoms with Gasteiger partial charge in [0.15, 0.2) is 11.5 Å². The highest BCUT2D eigenvalue weighted by molar-refractivity contribution is 6.17. The van der Waals surface area contributed by atoms with E-state index in [1.165, 1.54) is 0 Å². The van der Waals surface area contributed by atoms with Gasteiger partial charge in [0.25, 0.3) is 0 Å². The number of furan rings is 1. The normalized spacial score (nSPS) is 11.6. The van der Waals surface area contributed by atoms with E-state index in [2.05, 4.69) is 83.4 Å². The summed E-state index contributed by atoms with van der Waals surface area (Å²) >= 11 is 0. The van der Waals surface area contributed by atoms with Gasteiger partial charge >= 0.3 is 0 Å². The van der Waals surface area contributed by atoms with Crippen molar-refractivity contribution >= 4 is 43.7 Å². The van der Waals surface area contributed by atoms with Crippen LogP contribution in [0.1, 0.15) is 0 Å². The first-order chi connectivity index (χ1) is 29.8. The Morgan fingerprint density at radius 2 is 0.984 bits per heavy atom. The van der Waals surface area contributed by atoms with Gasteiger partial charge in [0, 0.05) is 38.4 Å². The van der Waals surface area contributed by atoms with Crippen molar-refractivity contribution in [1.29, 1.82) is 0 Å². The highest BCUT2D eigenvalue weighted by atomic mass is 16.4. The standard InChI is InChI=1S/C53H34N2O6/c56-48-47(49(57)51(59)52(60)50(48)58)42-28-34(27-41(54-42)32-16-8-3-9-17-32)36-22-23-37(31-14-6-2-7-15-31)53-46(36)40-29-35(21-25-45(40)61-53)55-43-19-11-10-18-38(43)39-26-33(20-24-44(39)55)30-12-4-1-5-13-30/h1-29,56-60H. The molecule has 5 N–H and O–H groups in total. The molecule has 8 nitrogen and oxygen atoms in total. The molecule has 0 aliphatic rings. The Kier molecular flexibility index (Phi) is 8.08.